The van der Waals surface area contributed by atoms with Crippen LogP contribution in [-0.2, 0) is 21.4 Å². The van der Waals surface area contributed by atoms with Crippen LogP contribution in [0.15, 0.2) is 82.1 Å². The van der Waals surface area contributed by atoms with E-state index in [0.717, 1.165) is 18.2 Å². The number of nitro groups is 1. The molecule has 4 aromatic rings. The summed E-state index contributed by atoms with van der Waals surface area (Å²) in [6, 6.07) is 15.3. The van der Waals surface area contributed by atoms with Gasteiger partial charge in [0.1, 0.15) is 5.82 Å². The molecule has 13 heteroatoms. The summed E-state index contributed by atoms with van der Waals surface area (Å²) in [5, 5.41) is 18.3. The second-order valence-corrected chi connectivity index (χ2v) is 8.70. The minimum Gasteiger partial charge on any atom is -0.452 e. The molecule has 4 rings (SSSR count). The van der Waals surface area contributed by atoms with Gasteiger partial charge >= 0.3 is 5.97 Å². The maximum atomic E-state index is 13.0. The molecule has 0 amide bonds. The number of halogens is 1. The van der Waals surface area contributed by atoms with Crippen LogP contribution in [-0.4, -0.2) is 29.5 Å². The molecule has 0 aliphatic heterocycles. The van der Waals surface area contributed by atoms with E-state index in [2.05, 4.69) is 14.9 Å². The van der Waals surface area contributed by atoms with Crippen molar-refractivity contribution in [2.24, 2.45) is 0 Å². The van der Waals surface area contributed by atoms with Crippen molar-refractivity contribution < 1.29 is 31.7 Å². The van der Waals surface area contributed by atoms with Gasteiger partial charge in [0, 0.05) is 23.4 Å². The number of aromatic nitrogens is 2. The van der Waals surface area contributed by atoms with Gasteiger partial charge in [0.25, 0.3) is 21.6 Å². The van der Waals surface area contributed by atoms with Gasteiger partial charge < -0.3 is 9.15 Å². The molecular weight excluding hydrogens is 483 g/mol. The molecule has 1 N–H and O–H groups in total. The first-order valence-corrected chi connectivity index (χ1v) is 11.3. The number of rotatable bonds is 8. The summed E-state index contributed by atoms with van der Waals surface area (Å²) in [6.45, 7) is -0.385. The molecule has 0 aliphatic rings. The third kappa shape index (κ3) is 5.65. The summed E-state index contributed by atoms with van der Waals surface area (Å²) in [6.07, 6.45) is 0. The summed E-state index contributed by atoms with van der Waals surface area (Å²) >= 11 is 0. The third-order valence-electron chi connectivity index (χ3n) is 4.60. The molecule has 0 radical (unpaired) electrons. The Hall–Kier alpha value is -4.65. The molecule has 0 spiro atoms. The zero-order chi connectivity index (χ0) is 25.0. The van der Waals surface area contributed by atoms with Gasteiger partial charge in [-0.05, 0) is 54.6 Å². The number of benzene rings is 3. The van der Waals surface area contributed by atoms with Gasteiger partial charge in [0.15, 0.2) is 6.61 Å². The maximum absolute atomic E-state index is 13.0. The van der Waals surface area contributed by atoms with Crippen molar-refractivity contribution >= 4 is 27.4 Å². The molecule has 1 heterocycles. The fourth-order valence-corrected chi connectivity index (χ4v) is 3.99. The average Bonchev–Trinajstić information content (AvgIpc) is 3.33. The van der Waals surface area contributed by atoms with Crippen LogP contribution in [0.5, 0.6) is 0 Å². The smallest absolute Gasteiger partial charge is 0.338 e. The summed E-state index contributed by atoms with van der Waals surface area (Å²) < 4.78 is 51.1. The summed E-state index contributed by atoms with van der Waals surface area (Å²) in [5.41, 5.74) is 0.452. The van der Waals surface area contributed by atoms with Crippen molar-refractivity contribution in [1.82, 2.24) is 10.2 Å². The lowest BCUT2D eigenvalue weighted by atomic mass is 10.2. The van der Waals surface area contributed by atoms with E-state index >= 15 is 0 Å². The normalized spacial score (nSPS) is 11.1. The Morgan fingerprint density at radius 1 is 1.06 bits per heavy atom. The fraction of sp³-hybridized carbons (Fsp3) is 0.0455. The van der Waals surface area contributed by atoms with Crippen molar-refractivity contribution in [2.45, 2.75) is 11.5 Å². The number of nitrogens with one attached hydrogen (secondary N) is 1. The predicted molar refractivity (Wildman–Crippen MR) is 119 cm³/mol. The Morgan fingerprint density at radius 2 is 1.77 bits per heavy atom. The van der Waals surface area contributed by atoms with Crippen molar-refractivity contribution in [2.75, 3.05) is 4.72 Å². The zero-order valence-electron chi connectivity index (χ0n) is 17.6. The van der Waals surface area contributed by atoms with Gasteiger partial charge in [-0.3, -0.25) is 14.8 Å². The van der Waals surface area contributed by atoms with Crippen molar-refractivity contribution in [3.63, 3.8) is 0 Å². The first-order chi connectivity index (χ1) is 16.7. The third-order valence-corrected chi connectivity index (χ3v) is 5.97. The molecule has 0 aliphatic carbocycles. The van der Waals surface area contributed by atoms with E-state index in [-0.39, 0.29) is 40.2 Å². The van der Waals surface area contributed by atoms with E-state index in [1.54, 1.807) is 0 Å². The first kappa shape index (κ1) is 23.5. The Kier molecular flexibility index (Phi) is 6.51. The molecule has 0 saturated heterocycles. The second kappa shape index (κ2) is 9.69. The summed E-state index contributed by atoms with van der Waals surface area (Å²) in [5.74, 6) is -1.31. The zero-order valence-corrected chi connectivity index (χ0v) is 18.4. The molecule has 35 heavy (non-hydrogen) atoms. The number of sulfonamides is 1. The molecule has 1 aromatic heterocycles. The van der Waals surface area contributed by atoms with Gasteiger partial charge in [-0.2, -0.15) is 0 Å². The summed E-state index contributed by atoms with van der Waals surface area (Å²) in [7, 11) is -4.05. The highest BCUT2D eigenvalue weighted by molar-refractivity contribution is 7.92. The van der Waals surface area contributed by atoms with Crippen LogP contribution in [0.1, 0.15) is 16.2 Å². The lowest BCUT2D eigenvalue weighted by molar-refractivity contribution is -0.384. The number of non-ortho nitro benzene ring substituents is 1. The Morgan fingerprint density at radius 3 is 2.46 bits per heavy atom. The number of anilines is 1. The highest BCUT2D eigenvalue weighted by Gasteiger charge is 2.18. The van der Waals surface area contributed by atoms with Crippen molar-refractivity contribution in [1.29, 1.82) is 0 Å². The predicted octanol–water partition coefficient (Wildman–Crippen LogP) is 3.94. The summed E-state index contributed by atoms with van der Waals surface area (Å²) in [4.78, 5) is 22.4. The Balaban J connectivity index is 1.41. The molecule has 0 atom stereocenters. The van der Waals surface area contributed by atoms with E-state index < -0.39 is 26.7 Å². The molecule has 3 aromatic carbocycles. The first-order valence-electron chi connectivity index (χ1n) is 9.84. The SMILES string of the molecule is O=C(OCc1nnc(-c2ccc([N+](=O)[O-])cc2)o1)c1cccc(S(=O)(=O)Nc2ccc(F)cc2)c1. The number of hydrogen-bond acceptors (Lipinski definition) is 9. The van der Waals surface area contributed by atoms with E-state index in [9.17, 15) is 27.7 Å². The van der Waals surface area contributed by atoms with E-state index in [0.29, 0.717) is 5.56 Å². The Labute approximate surface area is 197 Å². The monoisotopic (exact) mass is 498 g/mol. The molecule has 11 nitrogen and oxygen atoms in total. The van der Waals surface area contributed by atoms with E-state index in [1.807, 2.05) is 0 Å². The molecule has 0 saturated carbocycles. The Bertz CT molecular complexity index is 1490. The number of ether oxygens (including phenoxy) is 1. The van der Waals surface area contributed by atoms with Crippen LogP contribution in [0.25, 0.3) is 11.5 Å². The van der Waals surface area contributed by atoms with Crippen LogP contribution < -0.4 is 4.72 Å². The number of nitrogens with zero attached hydrogens (tertiary/aromatic N) is 3. The number of carbonyl (C=O) groups is 1. The quantitative estimate of drug-likeness (QED) is 0.216. The lowest BCUT2D eigenvalue weighted by Gasteiger charge is -2.09. The minimum atomic E-state index is -4.05. The van der Waals surface area contributed by atoms with Gasteiger partial charge in [0.05, 0.1) is 15.4 Å². The van der Waals surface area contributed by atoms with Gasteiger partial charge in [-0.1, -0.05) is 6.07 Å². The van der Waals surface area contributed by atoms with Gasteiger partial charge in [-0.25, -0.2) is 17.6 Å². The van der Waals surface area contributed by atoms with Crippen LogP contribution in [0.4, 0.5) is 15.8 Å². The molecular formula is C22H15FN4O7S. The fourth-order valence-electron chi connectivity index (χ4n) is 2.89. The molecule has 178 valence electrons. The minimum absolute atomic E-state index is 0.0338. The highest BCUT2D eigenvalue weighted by atomic mass is 32.2. The largest absolute Gasteiger partial charge is 0.452 e. The number of nitro benzene ring substituents is 1. The number of hydrogen-bond donors (Lipinski definition) is 1. The standard InChI is InChI=1S/C22H15FN4O7S/c23-16-6-8-17(9-7-16)26-35(31,32)19-3-1-2-15(12-19)22(28)33-13-20-24-25-21(34-20)14-4-10-18(11-5-14)27(29)30/h1-12,26H,13H2. The number of esters is 1. The van der Waals surface area contributed by atoms with Crippen LogP contribution in [0.2, 0.25) is 0 Å². The molecule has 0 bridgehead atoms. The molecule has 0 fully saturated rings. The number of carbonyl (C=O) groups excluding carboxylic acids is 1. The molecule has 0 unspecified atom stereocenters. The van der Waals surface area contributed by atoms with Gasteiger partial charge in [0.2, 0.25) is 5.89 Å². The van der Waals surface area contributed by atoms with Crippen LogP contribution in [0, 0.1) is 15.9 Å². The highest BCUT2D eigenvalue weighted by Crippen LogP contribution is 2.22. The second-order valence-electron chi connectivity index (χ2n) is 7.02. The van der Waals surface area contributed by atoms with Crippen LogP contribution >= 0.6 is 0 Å². The van der Waals surface area contributed by atoms with Crippen LogP contribution in [0.3, 0.4) is 0 Å². The topological polar surface area (TPSA) is 155 Å². The van der Waals surface area contributed by atoms with Gasteiger partial charge in [-0.15, -0.1) is 10.2 Å². The van der Waals surface area contributed by atoms with Crippen molar-refractivity contribution in [3.05, 3.63) is 100 Å². The maximum Gasteiger partial charge on any atom is 0.338 e. The lowest BCUT2D eigenvalue weighted by Crippen LogP contribution is -2.14. The van der Waals surface area contributed by atoms with E-state index in [1.165, 1.54) is 54.6 Å². The average molecular weight is 498 g/mol. The van der Waals surface area contributed by atoms with E-state index in [4.69, 9.17) is 9.15 Å². The van der Waals surface area contributed by atoms with Crippen molar-refractivity contribution in [3.8, 4) is 11.5 Å².